The van der Waals surface area contributed by atoms with Crippen molar-refractivity contribution in [3.63, 3.8) is 0 Å². The Bertz CT molecular complexity index is 559. The van der Waals surface area contributed by atoms with E-state index in [1.807, 2.05) is 0 Å². The molecule has 1 amide bonds. The Hall–Kier alpha value is -1.73. The second kappa shape index (κ2) is 4.75. The molecule has 1 atom stereocenters. The molecular weight excluding hydrogens is 268 g/mol. The number of likely N-dealkylation sites (N-methyl/N-ethyl adjacent to an activating group) is 1. The highest BCUT2D eigenvalue weighted by Crippen LogP contribution is 2.35. The van der Waals surface area contributed by atoms with Crippen molar-refractivity contribution in [2.24, 2.45) is 4.99 Å². The summed E-state index contributed by atoms with van der Waals surface area (Å²) >= 11 is 1.32. The highest BCUT2D eigenvalue weighted by molar-refractivity contribution is 8.14. The van der Waals surface area contributed by atoms with Crippen LogP contribution in [0.25, 0.3) is 0 Å². The molecule has 0 saturated carbocycles. The van der Waals surface area contributed by atoms with Gasteiger partial charge in [0.25, 0.3) is 5.91 Å². The normalized spacial score (nSPS) is 22.2. The maximum absolute atomic E-state index is 11.8. The van der Waals surface area contributed by atoms with Crippen LogP contribution < -0.4 is 0 Å². The summed E-state index contributed by atoms with van der Waals surface area (Å²) in [6.45, 7) is 1.62. The molecule has 0 bridgehead atoms. The molecule has 1 heterocycles. The van der Waals surface area contributed by atoms with Crippen molar-refractivity contribution in [1.29, 1.82) is 0 Å². The molecule has 1 aliphatic heterocycles. The van der Waals surface area contributed by atoms with Gasteiger partial charge in [-0.15, -0.1) is 11.8 Å². The van der Waals surface area contributed by atoms with E-state index >= 15 is 0 Å². The quantitative estimate of drug-likeness (QED) is 0.560. The van der Waals surface area contributed by atoms with E-state index < -0.39 is 11.4 Å². The van der Waals surface area contributed by atoms with Crippen molar-refractivity contribution < 1.29 is 20.2 Å². The molecule has 0 aliphatic carbocycles. The molecule has 102 valence electrons. The first-order valence-electron chi connectivity index (χ1n) is 5.55. The number of phenols is 2. The van der Waals surface area contributed by atoms with Gasteiger partial charge in [0, 0.05) is 24.4 Å². The number of amides is 1. The third kappa shape index (κ3) is 2.52. The lowest BCUT2D eigenvalue weighted by Crippen LogP contribution is -2.43. The third-order valence-corrected chi connectivity index (χ3v) is 4.10. The monoisotopic (exact) mass is 282 g/mol. The fourth-order valence-electron chi connectivity index (χ4n) is 1.79. The summed E-state index contributed by atoms with van der Waals surface area (Å²) in [5.41, 5.74) is -0.590. The lowest BCUT2D eigenvalue weighted by Gasteiger charge is -2.21. The Balaban J connectivity index is 2.35. The average molecular weight is 282 g/mol. The van der Waals surface area contributed by atoms with Gasteiger partial charge >= 0.3 is 0 Å². The van der Waals surface area contributed by atoms with Crippen LogP contribution in [0.5, 0.6) is 11.5 Å². The predicted molar refractivity (Wildman–Crippen MR) is 71.7 cm³/mol. The van der Waals surface area contributed by atoms with Crippen molar-refractivity contribution in [2.45, 2.75) is 12.5 Å². The molecule has 19 heavy (non-hydrogen) atoms. The molecule has 6 nitrogen and oxygen atoms in total. The number of benzene rings is 1. The van der Waals surface area contributed by atoms with Crippen LogP contribution in [-0.2, 0) is 4.79 Å². The van der Waals surface area contributed by atoms with Crippen LogP contribution in [0, 0.1) is 0 Å². The minimum atomic E-state index is -1.05. The number of carbonyl (C=O) groups excluding carboxylic acids is 1. The van der Waals surface area contributed by atoms with Gasteiger partial charge in [-0.3, -0.25) is 15.0 Å². The average Bonchev–Trinajstić information content (AvgIpc) is 2.72. The van der Waals surface area contributed by atoms with Crippen LogP contribution >= 0.6 is 11.8 Å². The summed E-state index contributed by atoms with van der Waals surface area (Å²) in [6, 6.07) is 4.19. The van der Waals surface area contributed by atoms with Crippen LogP contribution in [0.3, 0.4) is 0 Å². The number of phenolic OH excluding ortho intramolecular Hbond substituents is 2. The Kier molecular flexibility index (Phi) is 3.42. The van der Waals surface area contributed by atoms with Crippen LogP contribution in [-0.4, -0.2) is 49.8 Å². The topological polar surface area (TPSA) is 93.4 Å². The van der Waals surface area contributed by atoms with Gasteiger partial charge in [-0.05, 0) is 19.1 Å². The third-order valence-electron chi connectivity index (χ3n) is 2.80. The maximum atomic E-state index is 11.8. The molecular formula is C12H14N2O4S. The number of rotatable bonds is 2. The molecule has 3 N–H and O–H groups in total. The first kappa shape index (κ1) is 13.7. The first-order chi connectivity index (χ1) is 8.83. The number of nitrogens with zero attached hydrogens (tertiary/aromatic N) is 2. The number of aliphatic imine (C=N–C) groups is 1. The van der Waals surface area contributed by atoms with Crippen LogP contribution in [0.15, 0.2) is 23.2 Å². The zero-order valence-corrected chi connectivity index (χ0v) is 11.3. The second-order valence-electron chi connectivity index (χ2n) is 4.51. The van der Waals surface area contributed by atoms with Gasteiger partial charge in [0.2, 0.25) is 0 Å². The van der Waals surface area contributed by atoms with Gasteiger partial charge in [-0.1, -0.05) is 0 Å². The molecule has 0 fully saturated rings. The SMILES string of the molecule is CN(O)C(=O)[C@]1(C)CSC(c2ccc(O)cc2O)=N1. The molecule has 7 heteroatoms. The fraction of sp³-hybridized carbons (Fsp3) is 0.333. The highest BCUT2D eigenvalue weighted by Gasteiger charge is 2.40. The molecule has 0 radical (unpaired) electrons. The van der Waals surface area contributed by atoms with Crippen molar-refractivity contribution in [2.75, 3.05) is 12.8 Å². The number of hydroxylamine groups is 2. The first-order valence-corrected chi connectivity index (χ1v) is 6.54. The molecule has 1 aromatic rings. The molecule has 1 aromatic carbocycles. The summed E-state index contributed by atoms with van der Waals surface area (Å²) in [4.78, 5) is 16.1. The number of carbonyl (C=O) groups is 1. The summed E-state index contributed by atoms with van der Waals surface area (Å²) in [7, 11) is 1.25. The minimum Gasteiger partial charge on any atom is -0.508 e. The molecule has 0 saturated heterocycles. The van der Waals surface area contributed by atoms with Gasteiger partial charge in [0.15, 0.2) is 0 Å². The van der Waals surface area contributed by atoms with Gasteiger partial charge < -0.3 is 10.2 Å². The zero-order valence-electron chi connectivity index (χ0n) is 10.5. The number of hydrogen-bond acceptors (Lipinski definition) is 6. The fourth-order valence-corrected chi connectivity index (χ4v) is 2.99. The number of thioether (sulfide) groups is 1. The smallest absolute Gasteiger partial charge is 0.274 e. The van der Waals surface area contributed by atoms with E-state index in [1.54, 1.807) is 6.92 Å². The standard InChI is InChI=1S/C12H14N2O4S/c1-12(11(17)14(2)18)6-19-10(13-12)8-4-3-7(15)5-9(8)16/h3-5,15-16,18H,6H2,1-2H3/t12-/m0/s1. The van der Waals surface area contributed by atoms with Gasteiger partial charge in [0.05, 0.1) is 0 Å². The van der Waals surface area contributed by atoms with Crippen molar-refractivity contribution in [3.05, 3.63) is 23.8 Å². The van der Waals surface area contributed by atoms with Crippen LogP contribution in [0.1, 0.15) is 12.5 Å². The van der Waals surface area contributed by atoms with E-state index in [9.17, 15) is 20.2 Å². The van der Waals surface area contributed by atoms with E-state index in [2.05, 4.69) is 4.99 Å². The Labute approximate surface area is 114 Å². The van der Waals surface area contributed by atoms with Crippen LogP contribution in [0.4, 0.5) is 0 Å². The van der Waals surface area contributed by atoms with E-state index in [0.29, 0.717) is 21.4 Å². The van der Waals surface area contributed by atoms with E-state index in [0.717, 1.165) is 0 Å². The molecule has 0 spiro atoms. The summed E-state index contributed by atoms with van der Waals surface area (Å²) < 4.78 is 0. The van der Waals surface area contributed by atoms with Crippen molar-refractivity contribution >= 4 is 22.7 Å². The molecule has 0 unspecified atom stereocenters. The van der Waals surface area contributed by atoms with Crippen molar-refractivity contribution in [1.82, 2.24) is 5.06 Å². The molecule has 2 rings (SSSR count). The minimum absolute atomic E-state index is 0.0428. The highest BCUT2D eigenvalue weighted by atomic mass is 32.2. The Morgan fingerprint density at radius 3 is 2.74 bits per heavy atom. The summed E-state index contributed by atoms with van der Waals surface area (Å²) in [5, 5.41) is 29.3. The lowest BCUT2D eigenvalue weighted by atomic mass is 10.1. The van der Waals surface area contributed by atoms with Gasteiger partial charge in [-0.2, -0.15) is 0 Å². The van der Waals surface area contributed by atoms with E-state index in [1.165, 1.54) is 37.0 Å². The van der Waals surface area contributed by atoms with Gasteiger partial charge in [0.1, 0.15) is 22.1 Å². The molecule has 0 aromatic heterocycles. The Morgan fingerprint density at radius 2 is 2.16 bits per heavy atom. The number of aromatic hydroxyl groups is 2. The van der Waals surface area contributed by atoms with Gasteiger partial charge in [-0.25, -0.2) is 5.06 Å². The lowest BCUT2D eigenvalue weighted by molar-refractivity contribution is -0.163. The predicted octanol–water partition coefficient (Wildman–Crippen LogP) is 1.20. The van der Waals surface area contributed by atoms with E-state index in [-0.39, 0.29) is 11.5 Å². The number of hydrogen-bond donors (Lipinski definition) is 3. The zero-order chi connectivity index (χ0) is 14.2. The van der Waals surface area contributed by atoms with E-state index in [4.69, 9.17) is 0 Å². The summed E-state index contributed by atoms with van der Waals surface area (Å²) in [5.74, 6) is -0.265. The second-order valence-corrected chi connectivity index (χ2v) is 5.47. The van der Waals surface area contributed by atoms with Crippen LogP contribution in [0.2, 0.25) is 0 Å². The maximum Gasteiger partial charge on any atom is 0.274 e. The largest absolute Gasteiger partial charge is 0.508 e. The Morgan fingerprint density at radius 1 is 1.47 bits per heavy atom. The molecule has 1 aliphatic rings. The van der Waals surface area contributed by atoms with Crippen molar-refractivity contribution in [3.8, 4) is 11.5 Å². The summed E-state index contributed by atoms with van der Waals surface area (Å²) in [6.07, 6.45) is 0.